The predicted molar refractivity (Wildman–Crippen MR) is 70.8 cm³/mol. The van der Waals surface area contributed by atoms with E-state index in [0.29, 0.717) is 23.8 Å². The summed E-state index contributed by atoms with van der Waals surface area (Å²) in [6, 6.07) is 1.87. The second kappa shape index (κ2) is 4.98. The molecular formula is C14H19NO3. The zero-order valence-electron chi connectivity index (χ0n) is 11.0. The molecule has 1 aromatic heterocycles. The van der Waals surface area contributed by atoms with Crippen molar-refractivity contribution in [3.8, 4) is 5.75 Å². The van der Waals surface area contributed by atoms with E-state index >= 15 is 0 Å². The zero-order chi connectivity index (χ0) is 13.3. The van der Waals surface area contributed by atoms with Crippen LogP contribution in [0.3, 0.4) is 0 Å². The minimum atomic E-state index is -0.0995. The number of ether oxygens (including phenoxy) is 1. The maximum absolute atomic E-state index is 12.2. The van der Waals surface area contributed by atoms with E-state index in [0.717, 1.165) is 5.69 Å². The third-order valence-corrected chi connectivity index (χ3v) is 3.20. The van der Waals surface area contributed by atoms with E-state index in [-0.39, 0.29) is 18.3 Å². The molecule has 1 aliphatic rings. The van der Waals surface area contributed by atoms with Gasteiger partial charge in [0.05, 0.1) is 12.2 Å². The smallest absolute Gasteiger partial charge is 0.261 e. The van der Waals surface area contributed by atoms with Gasteiger partial charge in [0.15, 0.2) is 0 Å². The van der Waals surface area contributed by atoms with Crippen molar-refractivity contribution in [1.29, 1.82) is 0 Å². The van der Waals surface area contributed by atoms with Crippen LogP contribution < -0.4 is 10.3 Å². The molecule has 1 aliphatic heterocycles. The molecule has 1 aromatic rings. The third kappa shape index (κ3) is 2.20. The lowest BCUT2D eigenvalue weighted by molar-refractivity contribution is 0.193. The Bertz CT molecular complexity index is 529. The Kier molecular flexibility index (Phi) is 3.57. The zero-order valence-corrected chi connectivity index (χ0v) is 11.0. The topological polar surface area (TPSA) is 51.5 Å². The van der Waals surface area contributed by atoms with E-state index in [1.807, 2.05) is 25.1 Å². The Morgan fingerprint density at radius 2 is 2.22 bits per heavy atom. The fraction of sp³-hybridized carbons (Fsp3) is 0.500. The van der Waals surface area contributed by atoms with Gasteiger partial charge in [0.25, 0.3) is 5.56 Å². The van der Waals surface area contributed by atoms with Gasteiger partial charge in [0.1, 0.15) is 11.9 Å². The summed E-state index contributed by atoms with van der Waals surface area (Å²) >= 11 is 0. The molecule has 0 saturated heterocycles. The van der Waals surface area contributed by atoms with Crippen LogP contribution in [0.4, 0.5) is 0 Å². The second-order valence-corrected chi connectivity index (χ2v) is 4.93. The summed E-state index contributed by atoms with van der Waals surface area (Å²) in [5.74, 6) is 1.02. The lowest BCUT2D eigenvalue weighted by Crippen LogP contribution is -2.30. The Hall–Kier alpha value is -1.55. The molecule has 1 atom stereocenters. The average molecular weight is 249 g/mol. The first-order chi connectivity index (χ1) is 8.54. The van der Waals surface area contributed by atoms with Crippen molar-refractivity contribution >= 4 is 6.08 Å². The van der Waals surface area contributed by atoms with Crippen LogP contribution >= 0.6 is 0 Å². The lowest BCUT2D eigenvalue weighted by atomic mass is 10.0. The maximum Gasteiger partial charge on any atom is 0.261 e. The monoisotopic (exact) mass is 249 g/mol. The standard InChI is InChI=1S/C14H19NO3/c1-9(2)12-5-4-11-13(18-12)8-10(3)15(6-7-16)14(11)17/h4-5,8-9,12,16H,6-7H2,1-3H3. The number of nitrogens with zero attached hydrogens (tertiary/aromatic N) is 1. The molecular weight excluding hydrogens is 230 g/mol. The quantitative estimate of drug-likeness (QED) is 0.885. The largest absolute Gasteiger partial charge is 0.485 e. The molecule has 0 aromatic carbocycles. The van der Waals surface area contributed by atoms with Crippen molar-refractivity contribution in [3.05, 3.63) is 33.8 Å². The highest BCUT2D eigenvalue weighted by molar-refractivity contribution is 5.59. The predicted octanol–water partition coefficient (Wildman–Crippen LogP) is 1.58. The SMILES string of the molecule is Cc1cc2c(c(=O)n1CCO)C=CC(C(C)C)O2. The van der Waals surface area contributed by atoms with Gasteiger partial charge in [-0.25, -0.2) is 0 Å². The summed E-state index contributed by atoms with van der Waals surface area (Å²) in [7, 11) is 0. The van der Waals surface area contributed by atoms with Crippen LogP contribution in [-0.4, -0.2) is 22.4 Å². The van der Waals surface area contributed by atoms with Gasteiger partial charge in [-0.1, -0.05) is 13.8 Å². The van der Waals surface area contributed by atoms with Crippen molar-refractivity contribution in [2.75, 3.05) is 6.61 Å². The molecule has 0 fully saturated rings. The third-order valence-electron chi connectivity index (χ3n) is 3.20. The van der Waals surface area contributed by atoms with E-state index in [9.17, 15) is 4.79 Å². The van der Waals surface area contributed by atoms with E-state index in [2.05, 4.69) is 13.8 Å². The number of aliphatic hydroxyl groups excluding tert-OH is 1. The van der Waals surface area contributed by atoms with Crippen LogP contribution in [0.1, 0.15) is 25.1 Å². The number of pyridine rings is 1. The van der Waals surface area contributed by atoms with Crippen molar-refractivity contribution < 1.29 is 9.84 Å². The fourth-order valence-electron chi connectivity index (χ4n) is 2.12. The summed E-state index contributed by atoms with van der Waals surface area (Å²) in [5, 5.41) is 8.98. The molecule has 4 heteroatoms. The molecule has 1 unspecified atom stereocenters. The van der Waals surface area contributed by atoms with Crippen LogP contribution in [0, 0.1) is 12.8 Å². The van der Waals surface area contributed by atoms with Gasteiger partial charge in [-0.15, -0.1) is 0 Å². The summed E-state index contributed by atoms with van der Waals surface area (Å²) in [5.41, 5.74) is 1.29. The van der Waals surface area contributed by atoms with E-state index < -0.39 is 0 Å². The van der Waals surface area contributed by atoms with Crippen molar-refractivity contribution in [2.24, 2.45) is 5.92 Å². The molecule has 0 bridgehead atoms. The van der Waals surface area contributed by atoms with Crippen LogP contribution in [0.25, 0.3) is 6.08 Å². The molecule has 2 heterocycles. The van der Waals surface area contributed by atoms with Gasteiger partial charge in [-0.2, -0.15) is 0 Å². The van der Waals surface area contributed by atoms with Gasteiger partial charge < -0.3 is 14.4 Å². The van der Waals surface area contributed by atoms with Gasteiger partial charge >= 0.3 is 0 Å². The Balaban J connectivity index is 2.47. The molecule has 4 nitrogen and oxygen atoms in total. The minimum absolute atomic E-state index is 0.0185. The highest BCUT2D eigenvalue weighted by Gasteiger charge is 2.21. The highest BCUT2D eigenvalue weighted by atomic mass is 16.5. The molecule has 0 amide bonds. The molecule has 1 N–H and O–H groups in total. The number of rotatable bonds is 3. The van der Waals surface area contributed by atoms with Crippen LogP contribution in [0.5, 0.6) is 5.75 Å². The second-order valence-electron chi connectivity index (χ2n) is 4.93. The Labute approximate surface area is 107 Å². The first-order valence-electron chi connectivity index (χ1n) is 6.24. The van der Waals surface area contributed by atoms with Crippen molar-refractivity contribution in [2.45, 2.75) is 33.4 Å². The number of hydrogen-bond acceptors (Lipinski definition) is 3. The Morgan fingerprint density at radius 3 is 2.83 bits per heavy atom. The van der Waals surface area contributed by atoms with Crippen molar-refractivity contribution in [1.82, 2.24) is 4.57 Å². The van der Waals surface area contributed by atoms with E-state index in [1.165, 1.54) is 0 Å². The van der Waals surface area contributed by atoms with Gasteiger partial charge in [0.2, 0.25) is 0 Å². The molecule has 0 saturated carbocycles. The maximum atomic E-state index is 12.2. The number of aryl methyl sites for hydroxylation is 1. The molecule has 0 spiro atoms. The van der Waals surface area contributed by atoms with Gasteiger partial charge in [-0.3, -0.25) is 4.79 Å². The first-order valence-corrected chi connectivity index (χ1v) is 6.24. The summed E-state index contributed by atoms with van der Waals surface area (Å²) in [6.45, 7) is 6.29. The summed E-state index contributed by atoms with van der Waals surface area (Å²) in [4.78, 5) is 12.2. The number of aliphatic hydroxyl groups is 1. The van der Waals surface area contributed by atoms with Gasteiger partial charge in [-0.05, 0) is 25.0 Å². The van der Waals surface area contributed by atoms with E-state index in [4.69, 9.17) is 9.84 Å². The minimum Gasteiger partial charge on any atom is -0.485 e. The number of aromatic nitrogens is 1. The molecule has 98 valence electrons. The lowest BCUT2D eigenvalue weighted by Gasteiger charge is -2.25. The molecule has 2 rings (SSSR count). The number of fused-ring (bicyclic) bond motifs is 1. The highest BCUT2D eigenvalue weighted by Crippen LogP contribution is 2.26. The summed E-state index contributed by atoms with van der Waals surface area (Å²) in [6.07, 6.45) is 3.77. The van der Waals surface area contributed by atoms with Gasteiger partial charge in [0, 0.05) is 18.3 Å². The van der Waals surface area contributed by atoms with Crippen LogP contribution in [0.2, 0.25) is 0 Å². The Morgan fingerprint density at radius 1 is 1.50 bits per heavy atom. The van der Waals surface area contributed by atoms with Crippen LogP contribution in [-0.2, 0) is 6.54 Å². The average Bonchev–Trinajstić information content (AvgIpc) is 2.33. The van der Waals surface area contributed by atoms with Crippen molar-refractivity contribution in [3.63, 3.8) is 0 Å². The molecule has 18 heavy (non-hydrogen) atoms. The fourth-order valence-corrected chi connectivity index (χ4v) is 2.12. The van der Waals surface area contributed by atoms with E-state index in [1.54, 1.807) is 4.57 Å². The summed E-state index contributed by atoms with van der Waals surface area (Å²) < 4.78 is 7.40. The molecule has 0 aliphatic carbocycles. The first kappa shape index (κ1) is 12.9. The van der Waals surface area contributed by atoms with Crippen LogP contribution in [0.15, 0.2) is 16.9 Å². The molecule has 0 radical (unpaired) electrons. The number of hydrogen-bond donors (Lipinski definition) is 1. The normalized spacial score (nSPS) is 17.7.